The van der Waals surface area contributed by atoms with Gasteiger partial charge in [-0.05, 0) is 17.7 Å². The van der Waals surface area contributed by atoms with E-state index >= 15 is 0 Å². The van der Waals surface area contributed by atoms with Crippen molar-refractivity contribution in [3.05, 3.63) is 76.7 Å². The van der Waals surface area contributed by atoms with Gasteiger partial charge in [0, 0.05) is 24.4 Å². The number of nitrogens with zero attached hydrogens (tertiary/aromatic N) is 4. The molecule has 3 aromatic heterocycles. The van der Waals surface area contributed by atoms with Crippen molar-refractivity contribution >= 4 is 34.7 Å². The van der Waals surface area contributed by atoms with Gasteiger partial charge in [0.2, 0.25) is 0 Å². The zero-order valence-electron chi connectivity index (χ0n) is 13.0. The fraction of sp³-hybridized carbons (Fsp3) is 0.0556. The molecule has 7 heteroatoms. The maximum absolute atomic E-state index is 6.07. The molecule has 0 aliphatic carbocycles. The van der Waals surface area contributed by atoms with Crippen molar-refractivity contribution in [3.8, 4) is 11.3 Å². The maximum Gasteiger partial charge on any atom is 0.177 e. The first-order valence-electron chi connectivity index (χ1n) is 7.65. The predicted octanol–water partition coefficient (Wildman–Crippen LogP) is 4.71. The van der Waals surface area contributed by atoms with E-state index in [-0.39, 0.29) is 0 Å². The molecule has 1 aromatic carbocycles. The lowest BCUT2D eigenvalue weighted by atomic mass is 10.1. The van der Waals surface area contributed by atoms with Crippen molar-refractivity contribution in [2.45, 2.75) is 6.54 Å². The van der Waals surface area contributed by atoms with Gasteiger partial charge in [0.05, 0.1) is 11.9 Å². The molecular formula is C18H13Cl2N5. The lowest BCUT2D eigenvalue weighted by Crippen LogP contribution is -2.06. The van der Waals surface area contributed by atoms with Crippen LogP contribution in [0.15, 0.2) is 60.9 Å². The molecule has 1 N–H and O–H groups in total. The van der Waals surface area contributed by atoms with Gasteiger partial charge in [-0.25, -0.2) is 4.98 Å². The summed E-state index contributed by atoms with van der Waals surface area (Å²) in [6.45, 7) is 0.620. The summed E-state index contributed by atoms with van der Waals surface area (Å²) in [5.74, 6) is 0.732. The van der Waals surface area contributed by atoms with E-state index < -0.39 is 0 Å². The molecule has 0 atom stereocenters. The highest BCUT2D eigenvalue weighted by atomic mass is 35.5. The molecule has 0 saturated heterocycles. The number of nitrogens with one attached hydrogen (secondary N) is 1. The van der Waals surface area contributed by atoms with Crippen molar-refractivity contribution in [3.63, 3.8) is 0 Å². The van der Waals surface area contributed by atoms with Gasteiger partial charge in [0.15, 0.2) is 5.65 Å². The van der Waals surface area contributed by atoms with E-state index in [4.69, 9.17) is 23.2 Å². The molecule has 5 nitrogen and oxygen atoms in total. The third-order valence-electron chi connectivity index (χ3n) is 3.79. The highest BCUT2D eigenvalue weighted by molar-refractivity contribution is 6.34. The molecule has 124 valence electrons. The average Bonchev–Trinajstić information content (AvgIpc) is 3.02. The molecule has 0 aliphatic rings. The van der Waals surface area contributed by atoms with E-state index in [9.17, 15) is 0 Å². The summed E-state index contributed by atoms with van der Waals surface area (Å²) >= 11 is 12.1. The molecule has 0 radical (unpaired) electrons. The minimum Gasteiger partial charge on any atom is -0.366 e. The number of aromatic nitrogens is 4. The molecule has 0 fully saturated rings. The van der Waals surface area contributed by atoms with Crippen molar-refractivity contribution < 1.29 is 0 Å². The number of pyridine rings is 1. The largest absolute Gasteiger partial charge is 0.366 e. The molecule has 0 saturated carbocycles. The van der Waals surface area contributed by atoms with Gasteiger partial charge >= 0.3 is 0 Å². The van der Waals surface area contributed by atoms with Crippen LogP contribution < -0.4 is 5.32 Å². The maximum atomic E-state index is 6.07. The Morgan fingerprint density at radius 2 is 1.88 bits per heavy atom. The number of fused-ring (bicyclic) bond motifs is 1. The Morgan fingerprint density at radius 1 is 1.04 bits per heavy atom. The summed E-state index contributed by atoms with van der Waals surface area (Å²) in [6, 6.07) is 15.8. The van der Waals surface area contributed by atoms with Crippen LogP contribution in [0, 0.1) is 0 Å². The smallest absolute Gasteiger partial charge is 0.177 e. The number of hydrogen-bond acceptors (Lipinski definition) is 4. The minimum absolute atomic E-state index is 0.364. The molecule has 4 aromatic rings. The number of benzene rings is 1. The Labute approximate surface area is 154 Å². The first-order valence-corrected chi connectivity index (χ1v) is 8.40. The highest BCUT2D eigenvalue weighted by Gasteiger charge is 2.09. The van der Waals surface area contributed by atoms with Crippen LogP contribution in [0.25, 0.3) is 16.9 Å². The van der Waals surface area contributed by atoms with Crippen molar-refractivity contribution in [1.82, 2.24) is 19.6 Å². The number of anilines is 1. The summed E-state index contributed by atoms with van der Waals surface area (Å²) in [5.41, 5.74) is 3.69. The van der Waals surface area contributed by atoms with Crippen LogP contribution in [-0.2, 0) is 6.54 Å². The Bertz CT molecular complexity index is 1010. The first kappa shape index (κ1) is 15.9. The van der Waals surface area contributed by atoms with Gasteiger partial charge in [-0.2, -0.15) is 9.61 Å². The lowest BCUT2D eigenvalue weighted by molar-refractivity contribution is 0.925. The van der Waals surface area contributed by atoms with E-state index in [1.54, 1.807) is 23.0 Å². The number of hydrogen-bond donors (Lipinski definition) is 1. The van der Waals surface area contributed by atoms with Crippen molar-refractivity contribution in [1.29, 1.82) is 0 Å². The Kier molecular flexibility index (Phi) is 4.26. The number of halogens is 2. The average molecular weight is 370 g/mol. The second-order valence-corrected chi connectivity index (χ2v) is 6.25. The first-order chi connectivity index (χ1) is 12.2. The fourth-order valence-corrected chi connectivity index (χ4v) is 2.90. The molecule has 0 amide bonds. The zero-order valence-corrected chi connectivity index (χ0v) is 14.5. The Hall–Kier alpha value is -2.63. The molecule has 0 unspecified atom stereocenters. The number of rotatable bonds is 4. The van der Waals surface area contributed by atoms with Gasteiger partial charge in [0.1, 0.15) is 16.0 Å². The van der Waals surface area contributed by atoms with Gasteiger partial charge in [0.25, 0.3) is 0 Å². The summed E-state index contributed by atoms with van der Waals surface area (Å²) in [4.78, 5) is 8.54. The monoisotopic (exact) mass is 369 g/mol. The molecular weight excluding hydrogens is 357 g/mol. The summed E-state index contributed by atoms with van der Waals surface area (Å²) in [7, 11) is 0. The van der Waals surface area contributed by atoms with Crippen molar-refractivity contribution in [2.75, 3.05) is 5.32 Å². The summed E-state index contributed by atoms with van der Waals surface area (Å²) in [5, 5.41) is 8.36. The standard InChI is InChI=1S/C18H13Cl2N5/c19-14-11-23-25-17(9-16(20)24-18(14)25)22-10-12-4-6-13(7-5-12)15-3-1-2-8-21-15/h1-9,11,22H,10H2. The molecule has 3 heterocycles. The van der Waals surface area contributed by atoms with Crippen LogP contribution in [0.3, 0.4) is 0 Å². The van der Waals surface area contributed by atoms with E-state index in [0.29, 0.717) is 22.4 Å². The molecule has 4 rings (SSSR count). The second-order valence-electron chi connectivity index (χ2n) is 5.46. The zero-order chi connectivity index (χ0) is 17.2. The minimum atomic E-state index is 0.364. The normalized spacial score (nSPS) is 11.0. The predicted molar refractivity (Wildman–Crippen MR) is 100 cm³/mol. The van der Waals surface area contributed by atoms with Crippen LogP contribution in [0.4, 0.5) is 5.82 Å². The molecule has 25 heavy (non-hydrogen) atoms. The lowest BCUT2D eigenvalue weighted by Gasteiger charge is -2.09. The second kappa shape index (κ2) is 6.70. The molecule has 0 aliphatic heterocycles. The van der Waals surface area contributed by atoms with Crippen LogP contribution in [-0.4, -0.2) is 19.6 Å². The van der Waals surface area contributed by atoms with Gasteiger partial charge in [-0.1, -0.05) is 53.5 Å². The van der Waals surface area contributed by atoms with Crippen LogP contribution in [0.2, 0.25) is 10.2 Å². The summed E-state index contributed by atoms with van der Waals surface area (Å²) < 4.78 is 1.64. The van der Waals surface area contributed by atoms with Crippen LogP contribution in [0.5, 0.6) is 0 Å². The molecule has 0 bridgehead atoms. The van der Waals surface area contributed by atoms with E-state index in [1.807, 2.05) is 18.2 Å². The SMILES string of the molecule is Clc1cc(NCc2ccc(-c3ccccn3)cc2)n2ncc(Cl)c2n1. The topological polar surface area (TPSA) is 55.1 Å². The van der Waals surface area contributed by atoms with Gasteiger partial charge in [-0.15, -0.1) is 0 Å². The Balaban J connectivity index is 1.54. The fourth-order valence-electron chi connectivity index (χ4n) is 2.55. The van der Waals surface area contributed by atoms with E-state index in [0.717, 1.165) is 22.6 Å². The third-order valence-corrected chi connectivity index (χ3v) is 4.25. The van der Waals surface area contributed by atoms with Crippen LogP contribution >= 0.6 is 23.2 Å². The quantitative estimate of drug-likeness (QED) is 0.529. The Morgan fingerprint density at radius 3 is 2.64 bits per heavy atom. The summed E-state index contributed by atoms with van der Waals surface area (Å²) in [6.07, 6.45) is 3.34. The van der Waals surface area contributed by atoms with E-state index in [1.165, 1.54) is 0 Å². The highest BCUT2D eigenvalue weighted by Crippen LogP contribution is 2.23. The van der Waals surface area contributed by atoms with Gasteiger partial charge in [-0.3, -0.25) is 4.98 Å². The van der Waals surface area contributed by atoms with Crippen molar-refractivity contribution in [2.24, 2.45) is 0 Å². The van der Waals surface area contributed by atoms with E-state index in [2.05, 4.69) is 44.6 Å². The third kappa shape index (κ3) is 3.29. The molecule has 0 spiro atoms. The van der Waals surface area contributed by atoms with Gasteiger partial charge < -0.3 is 5.32 Å². The van der Waals surface area contributed by atoms with Crippen LogP contribution in [0.1, 0.15) is 5.56 Å².